The first-order valence-electron chi connectivity index (χ1n) is 11.5. The fraction of sp³-hybridized carbons (Fsp3) is 0.200. The average Bonchev–Trinajstić information content (AvgIpc) is 3.20. The number of aromatic nitrogens is 1. The Morgan fingerprint density at radius 3 is 2.39 bits per heavy atom. The summed E-state index contributed by atoms with van der Waals surface area (Å²) in [4.78, 5) is 0. The quantitative estimate of drug-likeness (QED) is 0.428. The largest absolute Gasteiger partial charge is 0.316 e. The summed E-state index contributed by atoms with van der Waals surface area (Å²) in [5, 5.41) is 0. The lowest BCUT2D eigenvalue weighted by molar-refractivity contribution is 0.721. The van der Waals surface area contributed by atoms with E-state index in [1.165, 1.54) is 39.3 Å². The molecule has 3 aromatic rings. The summed E-state index contributed by atoms with van der Waals surface area (Å²) in [7, 11) is 0. The molecule has 0 amide bonds. The third-order valence-electron chi connectivity index (χ3n) is 6.97. The van der Waals surface area contributed by atoms with Crippen molar-refractivity contribution in [2.45, 2.75) is 31.6 Å². The number of benzene rings is 2. The van der Waals surface area contributed by atoms with Crippen molar-refractivity contribution in [3.63, 3.8) is 0 Å². The molecule has 1 aromatic heterocycles. The van der Waals surface area contributed by atoms with E-state index < -0.39 is 0 Å². The Morgan fingerprint density at radius 2 is 1.61 bits per heavy atom. The predicted octanol–water partition coefficient (Wildman–Crippen LogP) is 7.49. The molecular formula is C30H27N. The molecule has 1 heterocycles. The lowest BCUT2D eigenvalue weighted by Gasteiger charge is -2.29. The molecule has 0 aliphatic heterocycles. The van der Waals surface area contributed by atoms with Gasteiger partial charge in [-0.1, -0.05) is 91.1 Å². The smallest absolute Gasteiger partial charge is 0.0455 e. The number of para-hydroxylation sites is 1. The van der Waals surface area contributed by atoms with Crippen LogP contribution >= 0.6 is 0 Å². The lowest BCUT2D eigenvalue weighted by atomic mass is 9.76. The van der Waals surface area contributed by atoms with Gasteiger partial charge < -0.3 is 4.57 Å². The minimum Gasteiger partial charge on any atom is -0.316 e. The first-order chi connectivity index (χ1) is 15.4. The Labute approximate surface area is 184 Å². The van der Waals surface area contributed by atoms with Crippen molar-refractivity contribution in [3.8, 4) is 5.69 Å². The maximum atomic E-state index is 2.60. The second-order valence-corrected chi connectivity index (χ2v) is 8.75. The van der Waals surface area contributed by atoms with E-state index in [-0.39, 0.29) is 0 Å². The van der Waals surface area contributed by atoms with Gasteiger partial charge in [0.25, 0.3) is 0 Å². The molecule has 2 unspecified atom stereocenters. The number of hydrogen-bond donors (Lipinski definition) is 0. The molecular weight excluding hydrogens is 374 g/mol. The van der Waals surface area contributed by atoms with Crippen molar-refractivity contribution in [1.82, 2.24) is 4.57 Å². The van der Waals surface area contributed by atoms with Crippen LogP contribution in [0.25, 0.3) is 17.3 Å². The second-order valence-electron chi connectivity index (χ2n) is 8.75. The predicted molar refractivity (Wildman–Crippen MR) is 130 cm³/mol. The van der Waals surface area contributed by atoms with Crippen LogP contribution in [0.2, 0.25) is 0 Å². The third-order valence-corrected chi connectivity index (χ3v) is 6.97. The van der Waals surface area contributed by atoms with E-state index in [2.05, 4.69) is 108 Å². The van der Waals surface area contributed by atoms with Crippen LogP contribution in [0.15, 0.2) is 97.1 Å². The highest BCUT2D eigenvalue weighted by Crippen LogP contribution is 2.48. The van der Waals surface area contributed by atoms with E-state index in [4.69, 9.17) is 0 Å². The Kier molecular flexibility index (Phi) is 4.61. The van der Waals surface area contributed by atoms with E-state index in [0.29, 0.717) is 11.8 Å². The topological polar surface area (TPSA) is 4.93 Å². The fourth-order valence-corrected chi connectivity index (χ4v) is 5.60. The highest BCUT2D eigenvalue weighted by Gasteiger charge is 2.34. The zero-order chi connectivity index (χ0) is 20.6. The molecule has 0 radical (unpaired) electrons. The Balaban J connectivity index is 1.64. The van der Waals surface area contributed by atoms with Gasteiger partial charge in [-0.25, -0.2) is 0 Å². The average molecular weight is 402 g/mol. The van der Waals surface area contributed by atoms with Crippen molar-refractivity contribution < 1.29 is 0 Å². The number of fused-ring (bicyclic) bond motifs is 3. The van der Waals surface area contributed by atoms with Gasteiger partial charge in [0.1, 0.15) is 0 Å². The van der Waals surface area contributed by atoms with Gasteiger partial charge in [-0.15, -0.1) is 0 Å². The minimum absolute atomic E-state index is 0.377. The van der Waals surface area contributed by atoms with E-state index in [1.54, 1.807) is 0 Å². The SMILES string of the molecule is C1=CCC(C2=CCC(c3ccccc3)c3c2c2c(n3-c3ccccc3)CCC=C2)C=C1. The molecule has 0 N–H and O–H groups in total. The molecule has 1 heteroatoms. The van der Waals surface area contributed by atoms with Crippen LogP contribution in [0.3, 0.4) is 0 Å². The van der Waals surface area contributed by atoms with Crippen molar-refractivity contribution >= 4 is 11.6 Å². The van der Waals surface area contributed by atoms with Crippen molar-refractivity contribution in [2.75, 3.05) is 0 Å². The van der Waals surface area contributed by atoms with Crippen LogP contribution in [0, 0.1) is 5.92 Å². The fourth-order valence-electron chi connectivity index (χ4n) is 5.60. The molecule has 0 saturated carbocycles. The Hall–Kier alpha value is -3.32. The second kappa shape index (κ2) is 7.74. The van der Waals surface area contributed by atoms with Crippen LogP contribution in [-0.2, 0) is 6.42 Å². The molecule has 31 heavy (non-hydrogen) atoms. The van der Waals surface area contributed by atoms with E-state index in [9.17, 15) is 0 Å². The molecule has 0 bridgehead atoms. The molecule has 0 saturated heterocycles. The van der Waals surface area contributed by atoms with Gasteiger partial charge in [0.05, 0.1) is 0 Å². The highest BCUT2D eigenvalue weighted by atomic mass is 15.0. The van der Waals surface area contributed by atoms with Crippen molar-refractivity contribution in [1.29, 1.82) is 0 Å². The summed E-state index contributed by atoms with van der Waals surface area (Å²) >= 11 is 0. The molecule has 152 valence electrons. The van der Waals surface area contributed by atoms with Crippen LogP contribution < -0.4 is 0 Å². The molecule has 0 fully saturated rings. The summed E-state index contributed by atoms with van der Waals surface area (Å²) in [6.07, 6.45) is 20.7. The van der Waals surface area contributed by atoms with Gasteiger partial charge >= 0.3 is 0 Å². The van der Waals surface area contributed by atoms with E-state index in [1.807, 2.05) is 0 Å². The standard InChI is InChI=1S/C30H27N/c1-4-12-22(13-5-1)25-20-21-26(23-14-6-2-7-15-23)30-29(25)27-18-10-11-19-28(27)31(30)24-16-8-3-9-17-24/h1-10,12,14-18,20,22,26H,11,13,19,21H2. The zero-order valence-corrected chi connectivity index (χ0v) is 17.7. The van der Waals surface area contributed by atoms with Crippen LogP contribution in [0.4, 0.5) is 0 Å². The lowest BCUT2D eigenvalue weighted by Crippen LogP contribution is -2.16. The maximum absolute atomic E-state index is 2.60. The molecule has 1 nitrogen and oxygen atoms in total. The van der Waals surface area contributed by atoms with Crippen molar-refractivity contribution in [3.05, 3.63) is 125 Å². The number of allylic oxidation sites excluding steroid dienone is 7. The molecule has 2 atom stereocenters. The van der Waals surface area contributed by atoms with Gasteiger partial charge in [0.2, 0.25) is 0 Å². The van der Waals surface area contributed by atoms with Crippen LogP contribution in [0.5, 0.6) is 0 Å². The van der Waals surface area contributed by atoms with Gasteiger partial charge in [-0.05, 0) is 49.0 Å². The molecule has 2 aromatic carbocycles. The molecule has 3 aliphatic carbocycles. The highest BCUT2D eigenvalue weighted by molar-refractivity contribution is 5.84. The number of hydrogen-bond acceptors (Lipinski definition) is 0. The third kappa shape index (κ3) is 3.08. The molecule has 3 aliphatic rings. The van der Waals surface area contributed by atoms with Crippen LogP contribution in [-0.4, -0.2) is 4.57 Å². The van der Waals surface area contributed by atoms with Gasteiger partial charge in [-0.3, -0.25) is 0 Å². The first-order valence-corrected chi connectivity index (χ1v) is 11.5. The van der Waals surface area contributed by atoms with Crippen LogP contribution in [0.1, 0.15) is 53.3 Å². The molecule has 6 rings (SSSR count). The normalized spacial score (nSPS) is 21.5. The summed E-state index contributed by atoms with van der Waals surface area (Å²) in [6.45, 7) is 0. The monoisotopic (exact) mass is 401 g/mol. The van der Waals surface area contributed by atoms with Gasteiger partial charge in [-0.2, -0.15) is 0 Å². The van der Waals surface area contributed by atoms with Gasteiger partial charge in [0.15, 0.2) is 0 Å². The molecule has 0 spiro atoms. The summed E-state index contributed by atoms with van der Waals surface area (Å²) in [5.74, 6) is 0.841. The van der Waals surface area contributed by atoms with E-state index in [0.717, 1.165) is 25.7 Å². The zero-order valence-electron chi connectivity index (χ0n) is 17.7. The number of nitrogens with zero attached hydrogens (tertiary/aromatic N) is 1. The maximum Gasteiger partial charge on any atom is 0.0455 e. The number of rotatable bonds is 3. The summed E-state index contributed by atoms with van der Waals surface area (Å²) < 4.78 is 2.60. The van der Waals surface area contributed by atoms with Crippen molar-refractivity contribution in [2.24, 2.45) is 5.92 Å². The Morgan fingerprint density at radius 1 is 0.806 bits per heavy atom. The Bertz CT molecular complexity index is 1220. The summed E-state index contributed by atoms with van der Waals surface area (Å²) in [5.41, 5.74) is 10.1. The minimum atomic E-state index is 0.377. The first kappa shape index (κ1) is 18.4. The summed E-state index contributed by atoms with van der Waals surface area (Å²) in [6, 6.07) is 22.1. The van der Waals surface area contributed by atoms with E-state index >= 15 is 0 Å². The van der Waals surface area contributed by atoms with Gasteiger partial charge in [0, 0.05) is 40.0 Å².